The van der Waals surface area contributed by atoms with Crippen molar-refractivity contribution in [2.75, 3.05) is 37.9 Å². The molecule has 2 N–H and O–H groups in total. The lowest BCUT2D eigenvalue weighted by molar-refractivity contribution is 0.0636. The zero-order chi connectivity index (χ0) is 23.3. The van der Waals surface area contributed by atoms with Gasteiger partial charge in [-0.2, -0.15) is 0 Å². The number of halogens is 1. The molecule has 1 amide bonds. The van der Waals surface area contributed by atoms with E-state index in [4.69, 9.17) is 9.47 Å². The van der Waals surface area contributed by atoms with Gasteiger partial charge in [-0.3, -0.25) is 5.32 Å². The van der Waals surface area contributed by atoms with Crippen molar-refractivity contribution in [3.05, 3.63) is 48.5 Å². The number of likely N-dealkylation sites (N-methyl/N-ethyl adjacent to an activating group) is 1. The van der Waals surface area contributed by atoms with Gasteiger partial charge in [0.15, 0.2) is 0 Å². The van der Waals surface area contributed by atoms with Gasteiger partial charge in [0, 0.05) is 30.1 Å². The van der Waals surface area contributed by atoms with Crippen molar-refractivity contribution in [2.24, 2.45) is 0 Å². The molecule has 0 atom stereocenters. The molecule has 9 heteroatoms. The van der Waals surface area contributed by atoms with Crippen LogP contribution in [0, 0.1) is 5.82 Å². The van der Waals surface area contributed by atoms with Crippen LogP contribution in [0.3, 0.4) is 0 Å². The van der Waals surface area contributed by atoms with Crippen molar-refractivity contribution in [3.8, 4) is 5.75 Å². The average molecular weight is 442 g/mol. The number of carbonyl (C=O) groups is 1. The molecule has 2 aromatic carbocycles. The quantitative estimate of drug-likeness (QED) is 0.544. The summed E-state index contributed by atoms with van der Waals surface area (Å²) in [4.78, 5) is 22.2. The van der Waals surface area contributed by atoms with E-state index in [1.807, 2.05) is 19.0 Å². The van der Waals surface area contributed by atoms with E-state index in [0.29, 0.717) is 35.1 Å². The fourth-order valence-electron chi connectivity index (χ4n) is 2.84. The predicted octanol–water partition coefficient (Wildman–Crippen LogP) is 4.80. The van der Waals surface area contributed by atoms with Crippen molar-refractivity contribution in [1.29, 1.82) is 0 Å². The van der Waals surface area contributed by atoms with Crippen LogP contribution in [0.25, 0.3) is 10.9 Å². The Hall–Kier alpha value is -3.46. The van der Waals surface area contributed by atoms with Crippen molar-refractivity contribution in [2.45, 2.75) is 26.4 Å². The summed E-state index contributed by atoms with van der Waals surface area (Å²) in [5.41, 5.74) is 1.10. The molecule has 170 valence electrons. The fraction of sp³-hybridized carbons (Fsp3) is 0.348. The SMILES string of the molecule is CN(C)CCOc1cc(F)c2c(Nc3ccc(NC(=O)OC(C)(C)C)cc3)ncnc2c1. The zero-order valence-electron chi connectivity index (χ0n) is 18.9. The van der Waals surface area contributed by atoms with Crippen molar-refractivity contribution >= 4 is 34.2 Å². The van der Waals surface area contributed by atoms with E-state index in [9.17, 15) is 9.18 Å². The third-order valence-electron chi connectivity index (χ3n) is 4.26. The van der Waals surface area contributed by atoms with Gasteiger partial charge in [0.25, 0.3) is 0 Å². The molecule has 32 heavy (non-hydrogen) atoms. The largest absolute Gasteiger partial charge is 0.492 e. The molecule has 3 aromatic rings. The average Bonchev–Trinajstić information content (AvgIpc) is 2.67. The Morgan fingerprint density at radius 1 is 1.09 bits per heavy atom. The van der Waals surface area contributed by atoms with Crippen LogP contribution in [-0.4, -0.2) is 53.8 Å². The summed E-state index contributed by atoms with van der Waals surface area (Å²) in [6.45, 7) is 6.55. The summed E-state index contributed by atoms with van der Waals surface area (Å²) in [5, 5.41) is 6.04. The van der Waals surface area contributed by atoms with Crippen LogP contribution in [0.4, 0.5) is 26.4 Å². The number of rotatable bonds is 7. The normalized spacial score (nSPS) is 11.5. The van der Waals surface area contributed by atoms with Gasteiger partial charge in [-0.1, -0.05) is 0 Å². The van der Waals surface area contributed by atoms with Crippen LogP contribution < -0.4 is 15.4 Å². The molecule has 0 aliphatic carbocycles. The second kappa shape index (κ2) is 9.78. The fourth-order valence-corrected chi connectivity index (χ4v) is 2.84. The number of nitrogens with one attached hydrogen (secondary N) is 2. The summed E-state index contributed by atoms with van der Waals surface area (Å²) < 4.78 is 25.7. The lowest BCUT2D eigenvalue weighted by atomic mass is 10.2. The smallest absolute Gasteiger partial charge is 0.412 e. The number of anilines is 3. The Kier molecular flexibility index (Phi) is 7.09. The molecule has 0 aliphatic rings. The van der Waals surface area contributed by atoms with Crippen molar-refractivity contribution in [3.63, 3.8) is 0 Å². The molecule has 1 heterocycles. The molecule has 3 rings (SSSR count). The summed E-state index contributed by atoms with van der Waals surface area (Å²) in [6, 6.07) is 9.94. The van der Waals surface area contributed by atoms with E-state index in [0.717, 1.165) is 6.54 Å². The number of amides is 1. The molecule has 0 aliphatic heterocycles. The van der Waals surface area contributed by atoms with E-state index in [1.54, 1.807) is 51.1 Å². The highest BCUT2D eigenvalue weighted by molar-refractivity contribution is 5.92. The number of benzene rings is 2. The highest BCUT2D eigenvalue weighted by Crippen LogP contribution is 2.29. The minimum atomic E-state index is -0.582. The molecule has 0 saturated heterocycles. The number of hydrogen-bond acceptors (Lipinski definition) is 7. The van der Waals surface area contributed by atoms with Gasteiger partial charge in [0.05, 0.1) is 10.9 Å². The summed E-state index contributed by atoms with van der Waals surface area (Å²) in [6.07, 6.45) is 0.831. The van der Waals surface area contributed by atoms with Crippen molar-refractivity contribution in [1.82, 2.24) is 14.9 Å². The first-order valence-electron chi connectivity index (χ1n) is 10.2. The maximum Gasteiger partial charge on any atom is 0.412 e. The molecule has 0 unspecified atom stereocenters. The molecule has 8 nitrogen and oxygen atoms in total. The van der Waals surface area contributed by atoms with Gasteiger partial charge in [-0.05, 0) is 59.1 Å². The Morgan fingerprint density at radius 3 is 2.44 bits per heavy atom. The highest BCUT2D eigenvalue weighted by atomic mass is 19.1. The third kappa shape index (κ3) is 6.52. The number of ether oxygens (including phenoxy) is 2. The number of hydrogen-bond donors (Lipinski definition) is 2. The molecule has 1 aromatic heterocycles. The number of fused-ring (bicyclic) bond motifs is 1. The lowest BCUT2D eigenvalue weighted by Crippen LogP contribution is -2.27. The number of aromatic nitrogens is 2. The van der Waals surface area contributed by atoms with Crippen LogP contribution >= 0.6 is 0 Å². The third-order valence-corrected chi connectivity index (χ3v) is 4.26. The molecule has 0 saturated carbocycles. The summed E-state index contributed by atoms with van der Waals surface area (Å²) in [7, 11) is 3.88. The van der Waals surface area contributed by atoms with E-state index < -0.39 is 17.5 Å². The van der Waals surface area contributed by atoms with E-state index in [-0.39, 0.29) is 5.39 Å². The molecule has 0 spiro atoms. The van der Waals surface area contributed by atoms with Crippen LogP contribution in [0.5, 0.6) is 5.75 Å². The van der Waals surface area contributed by atoms with Crippen LogP contribution in [0.2, 0.25) is 0 Å². The van der Waals surface area contributed by atoms with Crippen molar-refractivity contribution < 1.29 is 18.7 Å². The van der Waals surface area contributed by atoms with E-state index in [2.05, 4.69) is 20.6 Å². The monoisotopic (exact) mass is 441 g/mol. The van der Waals surface area contributed by atoms with Gasteiger partial charge in [-0.15, -0.1) is 0 Å². The molecule has 0 bridgehead atoms. The minimum absolute atomic E-state index is 0.267. The summed E-state index contributed by atoms with van der Waals surface area (Å²) in [5.74, 6) is 0.271. The lowest BCUT2D eigenvalue weighted by Gasteiger charge is -2.19. The number of carbonyl (C=O) groups excluding carboxylic acids is 1. The maximum atomic E-state index is 14.9. The van der Waals surface area contributed by atoms with E-state index in [1.165, 1.54) is 12.4 Å². The molecule has 0 fully saturated rings. The first-order valence-corrected chi connectivity index (χ1v) is 10.2. The Balaban J connectivity index is 1.73. The second-order valence-corrected chi connectivity index (χ2v) is 8.50. The van der Waals surface area contributed by atoms with Gasteiger partial charge in [0.1, 0.15) is 35.9 Å². The zero-order valence-corrected chi connectivity index (χ0v) is 18.9. The van der Waals surface area contributed by atoms with Crippen LogP contribution in [0.15, 0.2) is 42.7 Å². The molecular weight excluding hydrogens is 413 g/mol. The first kappa shape index (κ1) is 23.2. The molecular formula is C23H28FN5O3. The Labute approximate surface area is 186 Å². The minimum Gasteiger partial charge on any atom is -0.492 e. The Morgan fingerprint density at radius 2 is 1.78 bits per heavy atom. The topological polar surface area (TPSA) is 88.6 Å². The van der Waals surface area contributed by atoms with Gasteiger partial charge < -0.3 is 19.7 Å². The standard InChI is InChI=1S/C23H28FN5O3/c1-23(2,3)32-22(30)28-16-8-6-15(7-9-16)27-21-20-18(24)12-17(31-11-10-29(4)5)13-19(20)25-14-26-21/h6-9,12-14H,10-11H2,1-5H3,(H,28,30)(H,25,26,27). The molecule has 0 radical (unpaired) electrons. The van der Waals surface area contributed by atoms with Gasteiger partial charge in [0.2, 0.25) is 0 Å². The Bertz CT molecular complexity index is 1080. The predicted molar refractivity (Wildman–Crippen MR) is 123 cm³/mol. The van der Waals surface area contributed by atoms with Crippen LogP contribution in [-0.2, 0) is 4.74 Å². The van der Waals surface area contributed by atoms with E-state index >= 15 is 0 Å². The number of nitrogens with zero attached hydrogens (tertiary/aromatic N) is 3. The maximum absolute atomic E-state index is 14.9. The highest BCUT2D eigenvalue weighted by Gasteiger charge is 2.16. The second-order valence-electron chi connectivity index (χ2n) is 8.50. The van der Waals surface area contributed by atoms with Gasteiger partial charge in [-0.25, -0.2) is 19.2 Å². The van der Waals surface area contributed by atoms with Crippen LogP contribution in [0.1, 0.15) is 20.8 Å². The summed E-state index contributed by atoms with van der Waals surface area (Å²) >= 11 is 0. The van der Waals surface area contributed by atoms with Gasteiger partial charge >= 0.3 is 6.09 Å². The first-order chi connectivity index (χ1) is 15.1.